The van der Waals surface area contributed by atoms with Crippen molar-refractivity contribution in [1.29, 1.82) is 0 Å². The molecule has 1 atom stereocenters. The van der Waals surface area contributed by atoms with E-state index in [0.717, 1.165) is 11.3 Å². The largest absolute Gasteiger partial charge is 0.463 e. The van der Waals surface area contributed by atoms with Crippen molar-refractivity contribution in [2.75, 3.05) is 18.6 Å². The number of hydrogen-bond acceptors (Lipinski definition) is 3. The van der Waals surface area contributed by atoms with E-state index in [2.05, 4.69) is 11.0 Å². The fourth-order valence-electron chi connectivity index (χ4n) is 2.08. The fraction of sp³-hybridized carbons (Fsp3) is 0.357. The summed E-state index contributed by atoms with van der Waals surface area (Å²) >= 11 is 0. The molecule has 3 heteroatoms. The van der Waals surface area contributed by atoms with Gasteiger partial charge in [0.1, 0.15) is 0 Å². The number of likely N-dealkylation sites (N-methyl/N-ethyl adjacent to an activating group) is 1. The highest BCUT2D eigenvalue weighted by molar-refractivity contribution is 5.98. The SMILES string of the molecule is CCOC(=O)C1=Cc2ccccc2N(C)C1C. The van der Waals surface area contributed by atoms with Crippen LogP contribution in [0.1, 0.15) is 19.4 Å². The van der Waals surface area contributed by atoms with Gasteiger partial charge in [0.25, 0.3) is 0 Å². The van der Waals surface area contributed by atoms with Gasteiger partial charge in [-0.3, -0.25) is 0 Å². The Morgan fingerprint density at radius 2 is 2.12 bits per heavy atom. The second-order valence-corrected chi connectivity index (χ2v) is 4.17. The van der Waals surface area contributed by atoms with Crippen LogP contribution in [0.2, 0.25) is 0 Å². The molecule has 1 aromatic rings. The quantitative estimate of drug-likeness (QED) is 0.732. The standard InChI is InChI=1S/C14H17NO2/c1-4-17-14(16)12-9-11-7-5-6-8-13(11)15(3)10(12)2/h5-10H,4H2,1-3H3. The van der Waals surface area contributed by atoms with Gasteiger partial charge < -0.3 is 9.64 Å². The van der Waals surface area contributed by atoms with Gasteiger partial charge in [-0.25, -0.2) is 4.79 Å². The highest BCUT2D eigenvalue weighted by atomic mass is 16.5. The smallest absolute Gasteiger partial charge is 0.336 e. The molecule has 0 aromatic heterocycles. The van der Waals surface area contributed by atoms with Gasteiger partial charge in [0, 0.05) is 12.7 Å². The number of nitrogens with zero attached hydrogens (tertiary/aromatic N) is 1. The van der Waals surface area contributed by atoms with Crippen LogP contribution in [0.5, 0.6) is 0 Å². The third-order valence-corrected chi connectivity index (χ3v) is 3.17. The summed E-state index contributed by atoms with van der Waals surface area (Å²) in [5.41, 5.74) is 2.93. The second-order valence-electron chi connectivity index (χ2n) is 4.17. The lowest BCUT2D eigenvalue weighted by Gasteiger charge is -2.33. The zero-order valence-corrected chi connectivity index (χ0v) is 10.4. The minimum Gasteiger partial charge on any atom is -0.463 e. The average molecular weight is 231 g/mol. The summed E-state index contributed by atoms with van der Waals surface area (Å²) in [6.07, 6.45) is 1.93. The van der Waals surface area contributed by atoms with Crippen LogP contribution in [0.25, 0.3) is 6.08 Å². The maximum absolute atomic E-state index is 11.8. The van der Waals surface area contributed by atoms with Gasteiger partial charge in [0.2, 0.25) is 0 Å². The predicted molar refractivity (Wildman–Crippen MR) is 68.9 cm³/mol. The maximum Gasteiger partial charge on any atom is 0.336 e. The number of benzene rings is 1. The molecule has 1 aliphatic rings. The first kappa shape index (κ1) is 11.7. The Morgan fingerprint density at radius 3 is 2.82 bits per heavy atom. The topological polar surface area (TPSA) is 29.5 Å². The molecular weight excluding hydrogens is 214 g/mol. The Kier molecular flexibility index (Phi) is 3.18. The molecule has 2 rings (SSSR count). The van der Waals surface area contributed by atoms with Crippen LogP contribution >= 0.6 is 0 Å². The average Bonchev–Trinajstić information content (AvgIpc) is 2.34. The lowest BCUT2D eigenvalue weighted by atomic mass is 9.97. The van der Waals surface area contributed by atoms with Crippen molar-refractivity contribution in [3.05, 3.63) is 35.4 Å². The molecule has 0 fully saturated rings. The molecular formula is C14H17NO2. The molecule has 0 bridgehead atoms. The molecule has 0 aliphatic carbocycles. The zero-order chi connectivity index (χ0) is 12.4. The Bertz CT molecular complexity index is 465. The molecule has 0 N–H and O–H groups in total. The van der Waals surface area contributed by atoms with E-state index in [1.807, 2.05) is 45.2 Å². The Hall–Kier alpha value is -1.77. The second kappa shape index (κ2) is 4.62. The monoisotopic (exact) mass is 231 g/mol. The number of rotatable bonds is 2. The highest BCUT2D eigenvalue weighted by Gasteiger charge is 2.27. The number of carbonyl (C=O) groups is 1. The van der Waals surface area contributed by atoms with Crippen molar-refractivity contribution in [1.82, 2.24) is 0 Å². The van der Waals surface area contributed by atoms with E-state index in [1.165, 1.54) is 0 Å². The van der Waals surface area contributed by atoms with Crippen LogP contribution < -0.4 is 4.90 Å². The summed E-state index contributed by atoms with van der Waals surface area (Å²) in [6.45, 7) is 4.25. The predicted octanol–water partition coefficient (Wildman–Crippen LogP) is 2.47. The number of ether oxygens (including phenoxy) is 1. The lowest BCUT2D eigenvalue weighted by molar-refractivity contribution is -0.138. The van der Waals surface area contributed by atoms with Crippen LogP contribution in [-0.4, -0.2) is 25.7 Å². The Morgan fingerprint density at radius 1 is 1.41 bits per heavy atom. The number of para-hydroxylation sites is 1. The van der Waals surface area contributed by atoms with Crippen molar-refractivity contribution in [3.8, 4) is 0 Å². The van der Waals surface area contributed by atoms with Crippen LogP contribution in [-0.2, 0) is 9.53 Å². The third-order valence-electron chi connectivity index (χ3n) is 3.17. The number of esters is 1. The number of anilines is 1. The van der Waals surface area contributed by atoms with E-state index in [0.29, 0.717) is 12.2 Å². The minimum absolute atomic E-state index is 0.0453. The number of fused-ring (bicyclic) bond motifs is 1. The van der Waals surface area contributed by atoms with Crippen molar-refractivity contribution in [2.24, 2.45) is 0 Å². The molecule has 3 nitrogen and oxygen atoms in total. The summed E-state index contributed by atoms with van der Waals surface area (Å²) in [6, 6.07) is 8.10. The molecule has 1 unspecified atom stereocenters. The van der Waals surface area contributed by atoms with Gasteiger partial charge in [-0.1, -0.05) is 18.2 Å². The normalized spacial score (nSPS) is 18.4. The summed E-state index contributed by atoms with van der Waals surface area (Å²) in [5, 5.41) is 0. The number of carbonyl (C=O) groups excluding carboxylic acids is 1. The first-order chi connectivity index (χ1) is 8.15. The summed E-state index contributed by atoms with van der Waals surface area (Å²) in [7, 11) is 2.00. The van der Waals surface area contributed by atoms with Gasteiger partial charge in [0.05, 0.1) is 18.2 Å². The van der Waals surface area contributed by atoms with Gasteiger partial charge in [0.15, 0.2) is 0 Å². The lowest BCUT2D eigenvalue weighted by Crippen LogP contribution is -2.36. The zero-order valence-electron chi connectivity index (χ0n) is 10.4. The number of hydrogen-bond donors (Lipinski definition) is 0. The summed E-state index contributed by atoms with van der Waals surface area (Å²) in [5.74, 6) is -0.221. The Balaban J connectivity index is 2.42. The molecule has 0 saturated heterocycles. The van der Waals surface area contributed by atoms with E-state index in [1.54, 1.807) is 0 Å². The first-order valence-corrected chi connectivity index (χ1v) is 5.85. The molecule has 90 valence electrons. The van der Waals surface area contributed by atoms with E-state index in [-0.39, 0.29) is 12.0 Å². The first-order valence-electron chi connectivity index (χ1n) is 5.85. The molecule has 0 radical (unpaired) electrons. The van der Waals surface area contributed by atoms with Crippen molar-refractivity contribution < 1.29 is 9.53 Å². The van der Waals surface area contributed by atoms with Crippen LogP contribution in [0.4, 0.5) is 5.69 Å². The van der Waals surface area contributed by atoms with E-state index in [4.69, 9.17) is 4.74 Å². The van der Waals surface area contributed by atoms with Gasteiger partial charge >= 0.3 is 5.97 Å². The highest BCUT2D eigenvalue weighted by Crippen LogP contribution is 2.31. The van der Waals surface area contributed by atoms with Gasteiger partial charge in [-0.15, -0.1) is 0 Å². The molecule has 0 spiro atoms. The third kappa shape index (κ3) is 2.05. The van der Waals surface area contributed by atoms with Crippen molar-refractivity contribution in [2.45, 2.75) is 19.9 Å². The fourth-order valence-corrected chi connectivity index (χ4v) is 2.08. The van der Waals surface area contributed by atoms with Crippen molar-refractivity contribution >= 4 is 17.7 Å². The Labute approximate surface area is 102 Å². The van der Waals surface area contributed by atoms with Gasteiger partial charge in [-0.05, 0) is 31.6 Å². The maximum atomic E-state index is 11.8. The van der Waals surface area contributed by atoms with Gasteiger partial charge in [-0.2, -0.15) is 0 Å². The van der Waals surface area contributed by atoms with Crippen LogP contribution in [0, 0.1) is 0 Å². The van der Waals surface area contributed by atoms with E-state index >= 15 is 0 Å². The minimum atomic E-state index is -0.221. The molecule has 1 aliphatic heterocycles. The van der Waals surface area contributed by atoms with E-state index < -0.39 is 0 Å². The molecule has 1 aromatic carbocycles. The molecule has 1 heterocycles. The molecule has 17 heavy (non-hydrogen) atoms. The summed E-state index contributed by atoms with van der Waals surface area (Å²) in [4.78, 5) is 13.9. The summed E-state index contributed by atoms with van der Waals surface area (Å²) < 4.78 is 5.08. The van der Waals surface area contributed by atoms with E-state index in [9.17, 15) is 4.79 Å². The van der Waals surface area contributed by atoms with Crippen molar-refractivity contribution in [3.63, 3.8) is 0 Å². The molecule has 0 saturated carbocycles. The molecule has 0 amide bonds. The van der Waals surface area contributed by atoms with Crippen LogP contribution in [0.15, 0.2) is 29.8 Å². The van der Waals surface area contributed by atoms with Crippen LogP contribution in [0.3, 0.4) is 0 Å².